The minimum absolute atomic E-state index is 0.282. The number of aromatic nitrogens is 2. The van der Waals surface area contributed by atoms with Crippen molar-refractivity contribution >= 4 is 23.0 Å². The molecule has 0 aliphatic carbocycles. The topological polar surface area (TPSA) is 67.1 Å². The normalized spacial score (nSPS) is 10.3. The molecule has 0 bridgehead atoms. The smallest absolute Gasteiger partial charge is 0.159 e. The van der Waals surface area contributed by atoms with E-state index in [1.54, 1.807) is 12.1 Å². The number of nitrogens with zero attached hydrogens (tertiary/aromatic N) is 3. The summed E-state index contributed by atoms with van der Waals surface area (Å²) in [6.45, 7) is 5.71. The summed E-state index contributed by atoms with van der Waals surface area (Å²) in [5.74, 6) is 0.943. The molecule has 0 saturated heterocycles. The minimum atomic E-state index is -0.282. The van der Waals surface area contributed by atoms with E-state index in [2.05, 4.69) is 15.3 Å². The van der Waals surface area contributed by atoms with Gasteiger partial charge in [-0.25, -0.2) is 14.4 Å². The molecule has 5 nitrogen and oxygen atoms in total. The van der Waals surface area contributed by atoms with Crippen molar-refractivity contribution in [3.05, 3.63) is 36.4 Å². The summed E-state index contributed by atoms with van der Waals surface area (Å²) in [6.07, 6.45) is 1.47. The molecule has 0 fully saturated rings. The van der Waals surface area contributed by atoms with Crippen LogP contribution in [0.3, 0.4) is 0 Å². The lowest BCUT2D eigenvalue weighted by molar-refractivity contribution is 0.628. The number of nitrogen functional groups attached to an aromatic ring is 1. The zero-order chi connectivity index (χ0) is 14.5. The average molecular weight is 275 g/mol. The van der Waals surface area contributed by atoms with E-state index in [0.29, 0.717) is 17.3 Å². The summed E-state index contributed by atoms with van der Waals surface area (Å²) < 4.78 is 12.9. The number of benzene rings is 1. The van der Waals surface area contributed by atoms with Crippen molar-refractivity contribution in [3.8, 4) is 0 Å². The summed E-state index contributed by atoms with van der Waals surface area (Å²) in [4.78, 5) is 10.4. The molecule has 1 aromatic carbocycles. The van der Waals surface area contributed by atoms with Crippen LogP contribution in [0.15, 0.2) is 30.6 Å². The third-order valence-corrected chi connectivity index (χ3v) is 3.03. The molecule has 1 aromatic heterocycles. The number of hydrogen-bond donors (Lipinski definition) is 2. The second-order valence-electron chi connectivity index (χ2n) is 4.26. The SMILES string of the molecule is CCN(CC)c1ncnc(Nc2ccc(F)cc2)c1N. The fraction of sp³-hybridized carbons (Fsp3) is 0.286. The van der Waals surface area contributed by atoms with Crippen LogP contribution in [-0.2, 0) is 0 Å². The van der Waals surface area contributed by atoms with Crippen LogP contribution in [0.5, 0.6) is 0 Å². The molecule has 0 saturated carbocycles. The molecule has 20 heavy (non-hydrogen) atoms. The first-order valence-electron chi connectivity index (χ1n) is 6.53. The van der Waals surface area contributed by atoms with Crippen LogP contribution in [0, 0.1) is 5.82 Å². The first-order chi connectivity index (χ1) is 9.65. The van der Waals surface area contributed by atoms with Gasteiger partial charge in [0, 0.05) is 18.8 Å². The van der Waals surface area contributed by atoms with Crippen molar-refractivity contribution in [2.24, 2.45) is 0 Å². The van der Waals surface area contributed by atoms with Crippen molar-refractivity contribution in [3.63, 3.8) is 0 Å². The van der Waals surface area contributed by atoms with E-state index in [-0.39, 0.29) is 5.82 Å². The Morgan fingerprint density at radius 3 is 2.40 bits per heavy atom. The van der Waals surface area contributed by atoms with Gasteiger partial charge in [-0.15, -0.1) is 0 Å². The molecule has 0 spiro atoms. The largest absolute Gasteiger partial charge is 0.393 e. The van der Waals surface area contributed by atoms with Gasteiger partial charge in [0.25, 0.3) is 0 Å². The van der Waals surface area contributed by atoms with Gasteiger partial charge in [0.05, 0.1) is 0 Å². The van der Waals surface area contributed by atoms with Crippen LogP contribution in [0.4, 0.5) is 27.4 Å². The van der Waals surface area contributed by atoms with E-state index in [9.17, 15) is 4.39 Å². The molecular weight excluding hydrogens is 257 g/mol. The summed E-state index contributed by atoms with van der Waals surface area (Å²) in [6, 6.07) is 6.03. The zero-order valence-corrected chi connectivity index (χ0v) is 11.6. The van der Waals surface area contributed by atoms with Crippen LogP contribution in [0.2, 0.25) is 0 Å². The molecule has 0 unspecified atom stereocenters. The Morgan fingerprint density at radius 2 is 1.80 bits per heavy atom. The lowest BCUT2D eigenvalue weighted by Gasteiger charge is -2.22. The predicted molar refractivity (Wildman–Crippen MR) is 79.7 cm³/mol. The molecule has 0 amide bonds. The highest BCUT2D eigenvalue weighted by Gasteiger charge is 2.12. The maximum Gasteiger partial charge on any atom is 0.159 e. The van der Waals surface area contributed by atoms with E-state index < -0.39 is 0 Å². The molecule has 0 atom stereocenters. The second-order valence-corrected chi connectivity index (χ2v) is 4.26. The Balaban J connectivity index is 2.28. The Morgan fingerprint density at radius 1 is 1.15 bits per heavy atom. The summed E-state index contributed by atoms with van der Waals surface area (Å²) in [5.41, 5.74) is 7.32. The van der Waals surface area contributed by atoms with Crippen molar-refractivity contribution in [1.29, 1.82) is 0 Å². The number of rotatable bonds is 5. The number of nitrogens with one attached hydrogen (secondary N) is 1. The Hall–Kier alpha value is -2.37. The summed E-state index contributed by atoms with van der Waals surface area (Å²) in [7, 11) is 0. The maximum atomic E-state index is 12.9. The molecule has 1 heterocycles. The second kappa shape index (κ2) is 6.18. The van der Waals surface area contributed by atoms with Crippen molar-refractivity contribution in [2.45, 2.75) is 13.8 Å². The molecule has 2 aromatic rings. The Kier molecular flexibility index (Phi) is 4.34. The minimum Gasteiger partial charge on any atom is -0.393 e. The molecule has 2 rings (SSSR count). The fourth-order valence-electron chi connectivity index (χ4n) is 1.93. The highest BCUT2D eigenvalue weighted by atomic mass is 19.1. The zero-order valence-electron chi connectivity index (χ0n) is 11.6. The van der Waals surface area contributed by atoms with Crippen LogP contribution in [0.25, 0.3) is 0 Å². The van der Waals surface area contributed by atoms with E-state index >= 15 is 0 Å². The molecule has 0 aliphatic heterocycles. The van der Waals surface area contributed by atoms with Crippen LogP contribution >= 0.6 is 0 Å². The van der Waals surface area contributed by atoms with Gasteiger partial charge in [-0.2, -0.15) is 0 Å². The number of nitrogens with two attached hydrogens (primary N) is 1. The lowest BCUT2D eigenvalue weighted by atomic mass is 10.3. The third kappa shape index (κ3) is 2.96. The molecule has 3 N–H and O–H groups in total. The first-order valence-corrected chi connectivity index (χ1v) is 6.53. The van der Waals surface area contributed by atoms with Gasteiger partial charge in [0.2, 0.25) is 0 Å². The van der Waals surface area contributed by atoms with Gasteiger partial charge in [-0.1, -0.05) is 0 Å². The lowest BCUT2D eigenvalue weighted by Crippen LogP contribution is -2.24. The molecular formula is C14H18FN5. The number of anilines is 4. The third-order valence-electron chi connectivity index (χ3n) is 3.03. The molecule has 0 aliphatic rings. The average Bonchev–Trinajstić information content (AvgIpc) is 2.46. The number of halogens is 1. The Labute approximate surface area is 117 Å². The van der Waals surface area contributed by atoms with Gasteiger partial charge < -0.3 is 16.0 Å². The van der Waals surface area contributed by atoms with Crippen LogP contribution < -0.4 is 16.0 Å². The van der Waals surface area contributed by atoms with E-state index in [1.807, 2.05) is 18.7 Å². The highest BCUT2D eigenvalue weighted by Crippen LogP contribution is 2.28. The summed E-state index contributed by atoms with van der Waals surface area (Å²) in [5, 5.41) is 3.07. The van der Waals surface area contributed by atoms with E-state index in [0.717, 1.165) is 18.8 Å². The van der Waals surface area contributed by atoms with Crippen LogP contribution in [0.1, 0.15) is 13.8 Å². The van der Waals surface area contributed by atoms with Gasteiger partial charge in [-0.05, 0) is 38.1 Å². The molecule has 6 heteroatoms. The first kappa shape index (κ1) is 14.0. The van der Waals surface area contributed by atoms with Gasteiger partial charge in [0.1, 0.15) is 17.8 Å². The van der Waals surface area contributed by atoms with Crippen molar-refractivity contribution < 1.29 is 4.39 Å². The highest BCUT2D eigenvalue weighted by molar-refractivity contribution is 5.78. The fourth-order valence-corrected chi connectivity index (χ4v) is 1.93. The Bertz CT molecular complexity index is 566. The van der Waals surface area contributed by atoms with Gasteiger partial charge in [0.15, 0.2) is 11.6 Å². The quantitative estimate of drug-likeness (QED) is 0.878. The molecule has 106 valence electrons. The summed E-state index contributed by atoms with van der Waals surface area (Å²) >= 11 is 0. The van der Waals surface area contributed by atoms with Gasteiger partial charge in [-0.3, -0.25) is 0 Å². The standard InChI is InChI=1S/C14H18FN5/c1-3-20(4-2)14-12(16)13(17-9-18-14)19-11-7-5-10(15)6-8-11/h5-9H,3-4,16H2,1-2H3,(H,17,18,19). The van der Waals surface area contributed by atoms with Crippen molar-refractivity contribution in [2.75, 3.05) is 29.0 Å². The van der Waals surface area contributed by atoms with Crippen LogP contribution in [-0.4, -0.2) is 23.1 Å². The van der Waals surface area contributed by atoms with E-state index in [4.69, 9.17) is 5.73 Å². The van der Waals surface area contributed by atoms with Gasteiger partial charge >= 0.3 is 0 Å². The maximum absolute atomic E-state index is 12.9. The molecule has 0 radical (unpaired) electrons. The van der Waals surface area contributed by atoms with E-state index in [1.165, 1.54) is 18.5 Å². The van der Waals surface area contributed by atoms with Crippen molar-refractivity contribution in [1.82, 2.24) is 9.97 Å². The number of hydrogen-bond acceptors (Lipinski definition) is 5. The predicted octanol–water partition coefficient (Wildman–Crippen LogP) is 2.79. The monoisotopic (exact) mass is 275 g/mol.